The lowest BCUT2D eigenvalue weighted by atomic mass is 9.97. The quantitative estimate of drug-likeness (QED) is 0.722. The van der Waals surface area contributed by atoms with E-state index in [2.05, 4.69) is 19.1 Å². The summed E-state index contributed by atoms with van der Waals surface area (Å²) in [5, 5.41) is 0. The molecule has 0 radical (unpaired) electrons. The molecule has 1 aromatic rings. The molecule has 140 valence electrons. The molecule has 1 aliphatic heterocycles. The molecule has 1 aliphatic carbocycles. The molecular formula is C22H30N2O2. The van der Waals surface area contributed by atoms with Crippen LogP contribution in [0.25, 0.3) is 0 Å². The van der Waals surface area contributed by atoms with Gasteiger partial charge < -0.3 is 9.80 Å². The summed E-state index contributed by atoms with van der Waals surface area (Å²) in [6.45, 7) is 4.93. The summed E-state index contributed by atoms with van der Waals surface area (Å²) in [6.07, 6.45) is 9.43. The third-order valence-electron chi connectivity index (χ3n) is 5.60. The van der Waals surface area contributed by atoms with E-state index in [-0.39, 0.29) is 17.9 Å². The van der Waals surface area contributed by atoms with E-state index >= 15 is 0 Å². The molecule has 0 saturated heterocycles. The number of benzene rings is 1. The number of amides is 2. The highest BCUT2D eigenvalue weighted by molar-refractivity contribution is 5.96. The first kappa shape index (κ1) is 18.7. The van der Waals surface area contributed by atoms with Gasteiger partial charge in [0.05, 0.1) is 0 Å². The van der Waals surface area contributed by atoms with Gasteiger partial charge in [0.15, 0.2) is 0 Å². The lowest BCUT2D eigenvalue weighted by molar-refractivity contribution is -0.129. The third kappa shape index (κ3) is 4.35. The Morgan fingerprint density at radius 3 is 2.73 bits per heavy atom. The fraction of sp³-hybridized carbons (Fsp3) is 0.545. The predicted molar refractivity (Wildman–Crippen MR) is 105 cm³/mol. The van der Waals surface area contributed by atoms with Crippen LogP contribution in [0.5, 0.6) is 0 Å². The zero-order valence-electron chi connectivity index (χ0n) is 16.0. The molecule has 0 N–H and O–H groups in total. The Labute approximate surface area is 156 Å². The van der Waals surface area contributed by atoms with E-state index in [1.807, 2.05) is 28.0 Å². The number of allylic oxidation sites excluding steroid dienone is 1. The Bertz CT molecular complexity index is 695. The summed E-state index contributed by atoms with van der Waals surface area (Å²) in [5.74, 6) is 0.176. The Morgan fingerprint density at radius 2 is 2.00 bits per heavy atom. The summed E-state index contributed by atoms with van der Waals surface area (Å²) in [4.78, 5) is 28.6. The molecule has 0 aromatic heterocycles. The standard InChI is InChI=1S/C22H30N2O2/c1-17-16-20-10-6-7-11-21(20)24(17)22(26)13-15-23(18(2)25)14-12-19-8-4-3-5-9-19/h6-8,10-11,17H,3-5,9,12-16H2,1-2H3. The summed E-state index contributed by atoms with van der Waals surface area (Å²) in [6, 6.07) is 8.32. The topological polar surface area (TPSA) is 40.6 Å². The first-order chi connectivity index (χ1) is 12.6. The molecule has 1 unspecified atom stereocenters. The van der Waals surface area contributed by atoms with Crippen LogP contribution in [0.1, 0.15) is 57.9 Å². The number of hydrogen-bond acceptors (Lipinski definition) is 2. The number of hydrogen-bond donors (Lipinski definition) is 0. The normalized spacial score (nSPS) is 19.1. The molecule has 0 spiro atoms. The average Bonchev–Trinajstić information content (AvgIpc) is 2.97. The van der Waals surface area contributed by atoms with E-state index < -0.39 is 0 Å². The molecule has 4 nitrogen and oxygen atoms in total. The van der Waals surface area contributed by atoms with Crippen LogP contribution in [0.15, 0.2) is 35.9 Å². The smallest absolute Gasteiger partial charge is 0.229 e. The monoisotopic (exact) mass is 354 g/mol. The van der Waals surface area contributed by atoms with Crippen molar-refractivity contribution in [3.05, 3.63) is 41.5 Å². The lowest BCUT2D eigenvalue weighted by Gasteiger charge is -2.26. The van der Waals surface area contributed by atoms with Crippen molar-refractivity contribution in [3.63, 3.8) is 0 Å². The van der Waals surface area contributed by atoms with E-state index in [9.17, 15) is 9.59 Å². The minimum absolute atomic E-state index is 0.0593. The van der Waals surface area contributed by atoms with Gasteiger partial charge in [0.2, 0.25) is 11.8 Å². The molecule has 4 heteroatoms. The lowest BCUT2D eigenvalue weighted by Crippen LogP contribution is -2.39. The van der Waals surface area contributed by atoms with Crippen LogP contribution in [0.3, 0.4) is 0 Å². The maximum absolute atomic E-state index is 12.8. The number of anilines is 1. The van der Waals surface area contributed by atoms with Gasteiger partial charge in [-0.3, -0.25) is 9.59 Å². The second kappa shape index (κ2) is 8.52. The van der Waals surface area contributed by atoms with Crippen molar-refractivity contribution in [2.24, 2.45) is 0 Å². The van der Waals surface area contributed by atoms with E-state index in [1.54, 1.807) is 6.92 Å². The molecule has 1 aromatic carbocycles. The minimum Gasteiger partial charge on any atom is -0.342 e. The number of nitrogens with zero attached hydrogens (tertiary/aromatic N) is 2. The minimum atomic E-state index is 0.0593. The molecule has 2 aliphatic rings. The maximum Gasteiger partial charge on any atom is 0.229 e. The van der Waals surface area contributed by atoms with Crippen molar-refractivity contribution in [1.29, 1.82) is 0 Å². The molecule has 0 fully saturated rings. The largest absolute Gasteiger partial charge is 0.342 e. The number of para-hydroxylation sites is 1. The van der Waals surface area contributed by atoms with Crippen LogP contribution >= 0.6 is 0 Å². The summed E-state index contributed by atoms with van der Waals surface area (Å²) in [5.41, 5.74) is 3.74. The van der Waals surface area contributed by atoms with Crippen LogP contribution in [-0.4, -0.2) is 35.8 Å². The first-order valence-corrected chi connectivity index (χ1v) is 9.89. The highest BCUT2D eigenvalue weighted by Crippen LogP contribution is 2.32. The van der Waals surface area contributed by atoms with Crippen molar-refractivity contribution < 1.29 is 9.59 Å². The summed E-state index contributed by atoms with van der Waals surface area (Å²) >= 11 is 0. The molecule has 26 heavy (non-hydrogen) atoms. The van der Waals surface area contributed by atoms with Crippen LogP contribution in [0.4, 0.5) is 5.69 Å². The summed E-state index contributed by atoms with van der Waals surface area (Å²) in [7, 11) is 0. The highest BCUT2D eigenvalue weighted by Gasteiger charge is 2.30. The second-order valence-corrected chi connectivity index (χ2v) is 7.56. The number of rotatable bonds is 6. The predicted octanol–water partition coefficient (Wildman–Crippen LogP) is 4.09. The van der Waals surface area contributed by atoms with Crippen LogP contribution in [0.2, 0.25) is 0 Å². The van der Waals surface area contributed by atoms with Crippen molar-refractivity contribution >= 4 is 17.5 Å². The highest BCUT2D eigenvalue weighted by atomic mass is 16.2. The number of carbonyl (C=O) groups is 2. The van der Waals surface area contributed by atoms with E-state index in [0.717, 1.165) is 31.5 Å². The van der Waals surface area contributed by atoms with Gasteiger partial charge in [-0.05, 0) is 57.1 Å². The zero-order valence-corrected chi connectivity index (χ0v) is 16.0. The average molecular weight is 354 g/mol. The van der Waals surface area contributed by atoms with Gasteiger partial charge in [-0.2, -0.15) is 0 Å². The molecule has 1 atom stereocenters. The van der Waals surface area contributed by atoms with Crippen LogP contribution in [-0.2, 0) is 16.0 Å². The van der Waals surface area contributed by atoms with Crippen LogP contribution < -0.4 is 4.90 Å². The van der Waals surface area contributed by atoms with Crippen molar-refractivity contribution in [2.75, 3.05) is 18.0 Å². The fourth-order valence-electron chi connectivity index (χ4n) is 4.13. The number of fused-ring (bicyclic) bond motifs is 1. The molecule has 3 rings (SSSR count). The van der Waals surface area contributed by atoms with Gasteiger partial charge in [0.25, 0.3) is 0 Å². The molecule has 2 amide bonds. The van der Waals surface area contributed by atoms with Gasteiger partial charge in [0, 0.05) is 38.2 Å². The number of carbonyl (C=O) groups excluding carboxylic acids is 2. The Morgan fingerprint density at radius 1 is 1.19 bits per heavy atom. The van der Waals surface area contributed by atoms with E-state index in [4.69, 9.17) is 0 Å². The van der Waals surface area contributed by atoms with Gasteiger partial charge in [0.1, 0.15) is 0 Å². The Kier molecular flexibility index (Phi) is 6.12. The van der Waals surface area contributed by atoms with Gasteiger partial charge in [-0.25, -0.2) is 0 Å². The molecule has 1 heterocycles. The van der Waals surface area contributed by atoms with E-state index in [0.29, 0.717) is 13.0 Å². The second-order valence-electron chi connectivity index (χ2n) is 7.56. The zero-order chi connectivity index (χ0) is 18.5. The molecular weight excluding hydrogens is 324 g/mol. The SMILES string of the molecule is CC(=O)N(CCC(=O)N1c2ccccc2CC1C)CCC1=CCCCC1. The van der Waals surface area contributed by atoms with E-state index in [1.165, 1.54) is 30.4 Å². The van der Waals surface area contributed by atoms with Gasteiger partial charge >= 0.3 is 0 Å². The van der Waals surface area contributed by atoms with Crippen LogP contribution in [0, 0.1) is 0 Å². The third-order valence-corrected chi connectivity index (χ3v) is 5.60. The van der Waals surface area contributed by atoms with Gasteiger partial charge in [-0.1, -0.05) is 29.8 Å². The van der Waals surface area contributed by atoms with Crippen molar-refractivity contribution in [1.82, 2.24) is 4.90 Å². The van der Waals surface area contributed by atoms with Crippen molar-refractivity contribution in [2.45, 2.75) is 64.8 Å². The van der Waals surface area contributed by atoms with Gasteiger partial charge in [-0.15, -0.1) is 0 Å². The first-order valence-electron chi connectivity index (χ1n) is 9.89. The molecule has 0 bridgehead atoms. The maximum atomic E-state index is 12.8. The van der Waals surface area contributed by atoms with Crippen molar-refractivity contribution in [3.8, 4) is 0 Å². The molecule has 0 saturated carbocycles. The Balaban J connectivity index is 1.56. The fourth-order valence-corrected chi connectivity index (χ4v) is 4.13. The summed E-state index contributed by atoms with van der Waals surface area (Å²) < 4.78 is 0. The Hall–Kier alpha value is -2.10.